The Morgan fingerprint density at radius 1 is 1.14 bits per heavy atom. The molecule has 0 bridgehead atoms. The lowest BCUT2D eigenvalue weighted by Crippen LogP contribution is -2.23. The maximum atomic E-state index is 12.9. The zero-order valence-corrected chi connectivity index (χ0v) is 18.9. The van der Waals surface area contributed by atoms with Gasteiger partial charge >= 0.3 is 0 Å². The van der Waals surface area contributed by atoms with Crippen LogP contribution in [-0.2, 0) is 11.2 Å². The Morgan fingerprint density at radius 2 is 1.79 bits per heavy atom. The Labute approximate surface area is 172 Å². The number of hydrogen-bond acceptors (Lipinski definition) is 2. The van der Waals surface area contributed by atoms with Crippen molar-refractivity contribution in [1.29, 1.82) is 0 Å². The van der Waals surface area contributed by atoms with Crippen LogP contribution < -0.4 is 5.32 Å². The molecule has 2 rings (SSSR count). The molecule has 1 aromatic rings. The first-order valence-electron chi connectivity index (χ1n) is 10.9. The molecule has 0 fully saturated rings. The van der Waals surface area contributed by atoms with Crippen molar-refractivity contribution in [2.45, 2.75) is 87.0 Å². The van der Waals surface area contributed by atoms with Crippen LogP contribution in [0.4, 0.5) is 5.69 Å². The van der Waals surface area contributed by atoms with Gasteiger partial charge in [0.2, 0.25) is 0 Å². The highest BCUT2D eigenvalue weighted by molar-refractivity contribution is 6.09. The fourth-order valence-corrected chi connectivity index (χ4v) is 3.42. The molecule has 1 N–H and O–H groups in total. The quantitative estimate of drug-likeness (QED) is 0.537. The van der Waals surface area contributed by atoms with Crippen LogP contribution in [0, 0.1) is 11.8 Å². The van der Waals surface area contributed by atoms with Crippen molar-refractivity contribution < 1.29 is 9.59 Å². The number of nitrogens with one attached hydrogen (secondary N) is 1. The van der Waals surface area contributed by atoms with E-state index in [1.165, 1.54) is 18.4 Å². The molecule has 1 amide bonds. The summed E-state index contributed by atoms with van der Waals surface area (Å²) >= 11 is 0. The second-order valence-corrected chi connectivity index (χ2v) is 8.25. The van der Waals surface area contributed by atoms with Gasteiger partial charge in [0.05, 0.1) is 5.69 Å². The number of allylic oxidation sites excluding steroid dienone is 1. The van der Waals surface area contributed by atoms with Crippen LogP contribution in [0.2, 0.25) is 0 Å². The van der Waals surface area contributed by atoms with E-state index in [2.05, 4.69) is 46.9 Å². The Hall–Kier alpha value is -1.90. The summed E-state index contributed by atoms with van der Waals surface area (Å²) in [5, 5.41) is 3.00. The summed E-state index contributed by atoms with van der Waals surface area (Å²) in [6.07, 6.45) is 6.47. The smallest absolute Gasteiger partial charge is 0.251 e. The SMILES string of the molecule is CCCC.CCc1ccc(NC(=O)C2=C(C(C)C)CCC(C)C2)c(C(C)=O)c1. The molecule has 156 valence electrons. The molecule has 1 aliphatic carbocycles. The average Bonchev–Trinajstić information content (AvgIpc) is 2.67. The van der Waals surface area contributed by atoms with Gasteiger partial charge in [0.25, 0.3) is 5.91 Å². The van der Waals surface area contributed by atoms with Crippen molar-refractivity contribution in [2.24, 2.45) is 11.8 Å². The topological polar surface area (TPSA) is 46.2 Å². The highest BCUT2D eigenvalue weighted by atomic mass is 16.2. The number of amides is 1. The Morgan fingerprint density at radius 3 is 2.29 bits per heavy atom. The summed E-state index contributed by atoms with van der Waals surface area (Å²) in [6.45, 7) is 14.5. The Balaban J connectivity index is 0.000000892. The van der Waals surface area contributed by atoms with E-state index in [0.29, 0.717) is 23.1 Å². The molecule has 28 heavy (non-hydrogen) atoms. The summed E-state index contributed by atoms with van der Waals surface area (Å²) in [4.78, 5) is 24.8. The summed E-state index contributed by atoms with van der Waals surface area (Å²) in [5.74, 6) is 0.851. The molecule has 0 spiro atoms. The molecule has 3 heteroatoms. The average molecular weight is 386 g/mol. The fourth-order valence-electron chi connectivity index (χ4n) is 3.42. The zero-order valence-electron chi connectivity index (χ0n) is 18.9. The minimum atomic E-state index is -0.0444. The molecule has 0 radical (unpaired) electrons. The van der Waals surface area contributed by atoms with E-state index in [1.807, 2.05) is 18.2 Å². The molecule has 0 saturated heterocycles. The number of rotatable bonds is 6. The number of benzene rings is 1. The summed E-state index contributed by atoms with van der Waals surface area (Å²) in [6, 6.07) is 5.72. The number of aryl methyl sites for hydroxylation is 1. The summed E-state index contributed by atoms with van der Waals surface area (Å²) in [7, 11) is 0. The lowest BCUT2D eigenvalue weighted by molar-refractivity contribution is -0.113. The van der Waals surface area contributed by atoms with Gasteiger partial charge in [-0.1, -0.05) is 66.0 Å². The maximum absolute atomic E-state index is 12.9. The molecular formula is C25H39NO2. The van der Waals surface area contributed by atoms with Crippen LogP contribution in [0.5, 0.6) is 0 Å². The van der Waals surface area contributed by atoms with Gasteiger partial charge in [-0.05, 0) is 62.1 Å². The minimum absolute atomic E-state index is 0.0179. The molecule has 1 aliphatic rings. The van der Waals surface area contributed by atoms with Crippen LogP contribution in [0.1, 0.15) is 96.5 Å². The van der Waals surface area contributed by atoms with Gasteiger partial charge in [0, 0.05) is 11.1 Å². The van der Waals surface area contributed by atoms with Gasteiger partial charge in [0.15, 0.2) is 5.78 Å². The second-order valence-electron chi connectivity index (χ2n) is 8.25. The van der Waals surface area contributed by atoms with E-state index in [9.17, 15) is 9.59 Å². The van der Waals surface area contributed by atoms with Crippen LogP contribution in [0.15, 0.2) is 29.3 Å². The summed E-state index contributed by atoms with van der Waals surface area (Å²) in [5.41, 5.74) is 4.50. The van der Waals surface area contributed by atoms with Crippen molar-refractivity contribution in [3.63, 3.8) is 0 Å². The standard InChI is InChI=1S/C21H29NO2.C4H10/c1-6-16-8-10-20(18(12-16)15(5)23)22-21(24)19-11-14(4)7-9-17(19)13(2)3;1-3-4-2/h8,10,12-14H,6-7,9,11H2,1-5H3,(H,22,24);3-4H2,1-2H3. The van der Waals surface area contributed by atoms with E-state index < -0.39 is 0 Å². The van der Waals surface area contributed by atoms with Crippen LogP contribution in [0.25, 0.3) is 0 Å². The van der Waals surface area contributed by atoms with Crippen molar-refractivity contribution in [3.8, 4) is 0 Å². The number of unbranched alkanes of at least 4 members (excludes halogenated alkanes) is 1. The lowest BCUT2D eigenvalue weighted by Gasteiger charge is -2.27. The van der Waals surface area contributed by atoms with E-state index in [4.69, 9.17) is 0 Å². The van der Waals surface area contributed by atoms with Crippen LogP contribution >= 0.6 is 0 Å². The third-order valence-corrected chi connectivity index (χ3v) is 5.44. The number of ketones is 1. The van der Waals surface area contributed by atoms with Crippen LogP contribution in [-0.4, -0.2) is 11.7 Å². The molecule has 0 heterocycles. The van der Waals surface area contributed by atoms with E-state index in [0.717, 1.165) is 36.8 Å². The Bertz CT molecular complexity index is 698. The second kappa shape index (κ2) is 11.8. The van der Waals surface area contributed by atoms with Crippen LogP contribution in [0.3, 0.4) is 0 Å². The number of Topliss-reactive ketones (excluding diaryl/α,β-unsaturated/α-hetero) is 1. The number of carbonyl (C=O) groups excluding carboxylic acids is 2. The third kappa shape index (κ3) is 6.92. The monoisotopic (exact) mass is 385 g/mol. The largest absolute Gasteiger partial charge is 0.322 e. The molecule has 0 aromatic heterocycles. The first kappa shape index (κ1) is 24.1. The third-order valence-electron chi connectivity index (χ3n) is 5.44. The minimum Gasteiger partial charge on any atom is -0.322 e. The number of carbonyl (C=O) groups is 2. The molecular weight excluding hydrogens is 346 g/mol. The molecule has 1 atom stereocenters. The van der Waals surface area contributed by atoms with Crippen molar-refractivity contribution in [1.82, 2.24) is 0 Å². The van der Waals surface area contributed by atoms with E-state index >= 15 is 0 Å². The predicted octanol–water partition coefficient (Wildman–Crippen LogP) is 6.97. The molecule has 0 saturated carbocycles. The number of hydrogen-bond donors (Lipinski definition) is 1. The van der Waals surface area contributed by atoms with Crippen molar-refractivity contribution >= 4 is 17.4 Å². The fraction of sp³-hybridized carbons (Fsp3) is 0.600. The van der Waals surface area contributed by atoms with Gasteiger partial charge in [0.1, 0.15) is 0 Å². The van der Waals surface area contributed by atoms with Gasteiger partial charge in [-0.25, -0.2) is 0 Å². The predicted molar refractivity (Wildman–Crippen MR) is 120 cm³/mol. The first-order valence-corrected chi connectivity index (χ1v) is 10.9. The molecule has 1 aromatic carbocycles. The Kier molecular flexibility index (Phi) is 10.2. The van der Waals surface area contributed by atoms with Gasteiger partial charge in [-0.3, -0.25) is 9.59 Å². The number of anilines is 1. The lowest BCUT2D eigenvalue weighted by atomic mass is 9.80. The maximum Gasteiger partial charge on any atom is 0.251 e. The van der Waals surface area contributed by atoms with E-state index in [-0.39, 0.29) is 11.7 Å². The van der Waals surface area contributed by atoms with Gasteiger partial charge < -0.3 is 5.32 Å². The first-order chi connectivity index (χ1) is 13.2. The normalized spacial score (nSPS) is 16.5. The van der Waals surface area contributed by atoms with Gasteiger partial charge in [-0.15, -0.1) is 0 Å². The molecule has 1 unspecified atom stereocenters. The summed E-state index contributed by atoms with van der Waals surface area (Å²) < 4.78 is 0. The van der Waals surface area contributed by atoms with Gasteiger partial charge in [-0.2, -0.15) is 0 Å². The van der Waals surface area contributed by atoms with E-state index in [1.54, 1.807) is 6.92 Å². The zero-order chi connectivity index (χ0) is 21.3. The molecule has 0 aliphatic heterocycles. The molecule has 3 nitrogen and oxygen atoms in total. The highest BCUT2D eigenvalue weighted by Crippen LogP contribution is 2.34. The highest BCUT2D eigenvalue weighted by Gasteiger charge is 2.25. The van der Waals surface area contributed by atoms with Crippen molar-refractivity contribution in [2.75, 3.05) is 5.32 Å². The van der Waals surface area contributed by atoms with Crippen molar-refractivity contribution in [3.05, 3.63) is 40.5 Å².